The second-order valence-electron chi connectivity index (χ2n) is 7.18. The fourth-order valence-corrected chi connectivity index (χ4v) is 3.17. The third kappa shape index (κ3) is 6.06. The highest BCUT2D eigenvalue weighted by Gasteiger charge is 2.34. The number of hydrogen-bond acceptors (Lipinski definition) is 1. The van der Waals surface area contributed by atoms with Crippen molar-refractivity contribution in [1.29, 1.82) is 0 Å². The third-order valence-electron chi connectivity index (χ3n) is 4.73. The van der Waals surface area contributed by atoms with Gasteiger partial charge >= 0.3 is 6.36 Å². The zero-order valence-electron chi connectivity index (χ0n) is 17.8. The molecule has 0 fully saturated rings. The molecule has 3 aromatic rings. The maximum Gasteiger partial charge on any atom is 0.573 e. The Labute approximate surface area is 193 Å². The Morgan fingerprint density at radius 2 is 1.29 bits per heavy atom. The van der Waals surface area contributed by atoms with E-state index in [0.717, 1.165) is 18.2 Å². The van der Waals surface area contributed by atoms with E-state index in [-0.39, 0.29) is 16.7 Å². The first-order valence-electron chi connectivity index (χ1n) is 9.98. The first kappa shape index (κ1) is 25.9. The van der Waals surface area contributed by atoms with Crippen LogP contribution in [0.1, 0.15) is 18.9 Å². The van der Waals surface area contributed by atoms with Gasteiger partial charge in [0, 0.05) is 5.56 Å². The van der Waals surface area contributed by atoms with Crippen LogP contribution in [0.15, 0.2) is 66.5 Å². The van der Waals surface area contributed by atoms with Gasteiger partial charge in [0.15, 0.2) is 23.3 Å². The van der Waals surface area contributed by atoms with Crippen molar-refractivity contribution in [3.8, 4) is 28.0 Å². The Morgan fingerprint density at radius 1 is 0.771 bits per heavy atom. The van der Waals surface area contributed by atoms with Gasteiger partial charge in [-0.2, -0.15) is 0 Å². The minimum Gasteiger partial charge on any atom is -0.399 e. The molecule has 184 valence electrons. The van der Waals surface area contributed by atoms with Crippen molar-refractivity contribution >= 4 is 5.83 Å². The number of allylic oxidation sites excluding steroid dienone is 3. The van der Waals surface area contributed by atoms with E-state index >= 15 is 0 Å². The van der Waals surface area contributed by atoms with E-state index in [1.807, 2.05) is 0 Å². The molecule has 0 N–H and O–H groups in total. The van der Waals surface area contributed by atoms with Crippen molar-refractivity contribution in [3.63, 3.8) is 0 Å². The SMILES string of the molecule is CCC=CC(F)=C(F)c1ccc(-c2cc(F)c(-c3cc(F)c(OC(F)(F)F)c(F)c3)c(F)c2)cc1. The number of benzene rings is 3. The zero-order valence-corrected chi connectivity index (χ0v) is 17.8. The average molecular weight is 502 g/mol. The maximum atomic E-state index is 14.7. The van der Waals surface area contributed by atoms with Gasteiger partial charge in [0.25, 0.3) is 0 Å². The zero-order chi connectivity index (χ0) is 25.9. The summed E-state index contributed by atoms with van der Waals surface area (Å²) in [6.45, 7) is 1.74. The van der Waals surface area contributed by atoms with Crippen LogP contribution < -0.4 is 4.74 Å². The van der Waals surface area contributed by atoms with Crippen LogP contribution in [0.2, 0.25) is 0 Å². The number of halogens is 9. The van der Waals surface area contributed by atoms with Crippen molar-refractivity contribution in [3.05, 3.63) is 95.3 Å². The van der Waals surface area contributed by atoms with Crippen LogP contribution in [0, 0.1) is 23.3 Å². The first-order chi connectivity index (χ1) is 16.4. The molecule has 35 heavy (non-hydrogen) atoms. The summed E-state index contributed by atoms with van der Waals surface area (Å²) < 4.78 is 125. The third-order valence-corrected chi connectivity index (χ3v) is 4.73. The van der Waals surface area contributed by atoms with E-state index in [1.54, 1.807) is 6.92 Å². The number of alkyl halides is 3. The number of hydrogen-bond donors (Lipinski definition) is 0. The van der Waals surface area contributed by atoms with Crippen molar-refractivity contribution in [2.24, 2.45) is 0 Å². The standard InChI is InChI=1S/C25H15F9O/c1-2-3-4-17(26)23(31)14-7-5-13(6-8-14)15-9-18(27)22(19(28)10-15)16-11-20(29)24(21(30)12-16)35-25(32,33)34/h3-12H,2H2,1H3. The summed E-state index contributed by atoms with van der Waals surface area (Å²) in [5.41, 5.74) is -1.53. The van der Waals surface area contributed by atoms with Crippen LogP contribution in [0.25, 0.3) is 28.1 Å². The van der Waals surface area contributed by atoms with E-state index in [2.05, 4.69) is 4.74 Å². The van der Waals surface area contributed by atoms with Gasteiger partial charge in [-0.15, -0.1) is 13.2 Å². The van der Waals surface area contributed by atoms with E-state index in [0.29, 0.717) is 18.6 Å². The van der Waals surface area contributed by atoms with Crippen molar-refractivity contribution in [1.82, 2.24) is 0 Å². The smallest absolute Gasteiger partial charge is 0.399 e. The molecular formula is C25H15F9O. The highest BCUT2D eigenvalue weighted by atomic mass is 19.4. The Hall–Kier alpha value is -3.69. The van der Waals surface area contributed by atoms with Crippen LogP contribution in [-0.4, -0.2) is 6.36 Å². The van der Waals surface area contributed by atoms with E-state index in [9.17, 15) is 39.5 Å². The molecule has 0 aromatic heterocycles. The lowest BCUT2D eigenvalue weighted by Gasteiger charge is -2.13. The normalized spacial score (nSPS) is 12.7. The monoisotopic (exact) mass is 502 g/mol. The molecule has 10 heteroatoms. The maximum absolute atomic E-state index is 14.7. The number of rotatable bonds is 6. The van der Waals surface area contributed by atoms with Gasteiger partial charge in [0.2, 0.25) is 5.75 Å². The summed E-state index contributed by atoms with van der Waals surface area (Å²) in [5.74, 6) is -10.1. The van der Waals surface area contributed by atoms with Gasteiger partial charge < -0.3 is 4.74 Å². The highest BCUT2D eigenvalue weighted by Crippen LogP contribution is 2.36. The second-order valence-corrected chi connectivity index (χ2v) is 7.18. The minimum absolute atomic E-state index is 0.0380. The molecule has 0 unspecified atom stereocenters. The van der Waals surface area contributed by atoms with Crippen molar-refractivity contribution in [2.75, 3.05) is 0 Å². The quantitative estimate of drug-likeness (QED) is 0.241. The summed E-state index contributed by atoms with van der Waals surface area (Å²) in [6, 6.07) is 7.19. The van der Waals surface area contributed by atoms with E-state index in [1.165, 1.54) is 30.3 Å². The van der Waals surface area contributed by atoms with Gasteiger partial charge in [0.1, 0.15) is 11.6 Å². The van der Waals surface area contributed by atoms with Crippen LogP contribution in [-0.2, 0) is 0 Å². The summed E-state index contributed by atoms with van der Waals surface area (Å²) in [6.07, 6.45) is -2.49. The molecule has 0 atom stereocenters. The van der Waals surface area contributed by atoms with Gasteiger partial charge in [-0.1, -0.05) is 37.3 Å². The minimum atomic E-state index is -5.38. The predicted molar refractivity (Wildman–Crippen MR) is 112 cm³/mol. The molecule has 0 bridgehead atoms. The lowest BCUT2D eigenvalue weighted by atomic mass is 9.97. The van der Waals surface area contributed by atoms with Gasteiger partial charge in [0.05, 0.1) is 5.56 Å². The molecule has 0 spiro atoms. The van der Waals surface area contributed by atoms with Crippen LogP contribution in [0.3, 0.4) is 0 Å². The van der Waals surface area contributed by atoms with Crippen LogP contribution in [0.4, 0.5) is 39.5 Å². The molecule has 0 radical (unpaired) electrons. The van der Waals surface area contributed by atoms with Gasteiger partial charge in [-0.25, -0.2) is 26.3 Å². The number of ether oxygens (including phenoxy) is 1. The van der Waals surface area contributed by atoms with E-state index < -0.39 is 58.2 Å². The highest BCUT2D eigenvalue weighted by molar-refractivity contribution is 5.74. The van der Waals surface area contributed by atoms with Crippen LogP contribution >= 0.6 is 0 Å². The van der Waals surface area contributed by atoms with Gasteiger partial charge in [-0.3, -0.25) is 0 Å². The molecular weight excluding hydrogens is 487 g/mol. The molecule has 0 aliphatic carbocycles. The summed E-state index contributed by atoms with van der Waals surface area (Å²) in [4.78, 5) is 0. The fraction of sp³-hybridized carbons (Fsp3) is 0.120. The molecule has 0 heterocycles. The fourth-order valence-electron chi connectivity index (χ4n) is 3.17. The topological polar surface area (TPSA) is 9.23 Å². The average Bonchev–Trinajstić information content (AvgIpc) is 2.78. The Morgan fingerprint density at radius 3 is 1.77 bits per heavy atom. The van der Waals surface area contributed by atoms with Crippen LogP contribution in [0.5, 0.6) is 5.75 Å². The van der Waals surface area contributed by atoms with E-state index in [4.69, 9.17) is 0 Å². The molecule has 3 rings (SSSR count). The first-order valence-corrected chi connectivity index (χ1v) is 9.98. The molecule has 0 aliphatic heterocycles. The predicted octanol–water partition coefficient (Wildman–Crippen LogP) is 9.05. The summed E-state index contributed by atoms with van der Waals surface area (Å²) in [7, 11) is 0. The Balaban J connectivity index is 1.96. The summed E-state index contributed by atoms with van der Waals surface area (Å²) in [5, 5.41) is 0. The van der Waals surface area contributed by atoms with Crippen molar-refractivity contribution in [2.45, 2.75) is 19.7 Å². The largest absolute Gasteiger partial charge is 0.573 e. The lowest BCUT2D eigenvalue weighted by Crippen LogP contribution is -2.19. The molecule has 0 amide bonds. The second kappa shape index (κ2) is 10.3. The molecule has 3 aromatic carbocycles. The lowest BCUT2D eigenvalue weighted by molar-refractivity contribution is -0.276. The Bertz CT molecular complexity index is 1240. The molecule has 0 aliphatic rings. The Kier molecular flexibility index (Phi) is 7.62. The van der Waals surface area contributed by atoms with Gasteiger partial charge in [-0.05, 0) is 53.5 Å². The molecule has 0 saturated heterocycles. The van der Waals surface area contributed by atoms with Crippen molar-refractivity contribution < 1.29 is 44.3 Å². The molecule has 1 nitrogen and oxygen atoms in total. The molecule has 0 saturated carbocycles. The summed E-state index contributed by atoms with van der Waals surface area (Å²) >= 11 is 0.